The van der Waals surface area contributed by atoms with Gasteiger partial charge in [0, 0.05) is 38.4 Å². The highest BCUT2D eigenvalue weighted by Crippen LogP contribution is 2.44. The summed E-state index contributed by atoms with van der Waals surface area (Å²) in [6, 6.07) is 12.9. The number of amides is 1. The van der Waals surface area contributed by atoms with Gasteiger partial charge >= 0.3 is 11.9 Å². The van der Waals surface area contributed by atoms with Gasteiger partial charge in [0.05, 0.1) is 11.0 Å². The van der Waals surface area contributed by atoms with Crippen molar-refractivity contribution in [2.24, 2.45) is 11.3 Å². The van der Waals surface area contributed by atoms with Gasteiger partial charge in [-0.2, -0.15) is 0 Å². The van der Waals surface area contributed by atoms with Gasteiger partial charge in [0.2, 0.25) is 5.91 Å². The molecule has 1 aromatic heterocycles. The zero-order chi connectivity index (χ0) is 24.7. The van der Waals surface area contributed by atoms with E-state index < -0.39 is 17.4 Å². The second kappa shape index (κ2) is 9.39. The second-order valence-corrected chi connectivity index (χ2v) is 11.6. The predicted molar refractivity (Wildman–Crippen MR) is 139 cm³/mol. The summed E-state index contributed by atoms with van der Waals surface area (Å²) >= 11 is 5.35. The van der Waals surface area contributed by atoms with Gasteiger partial charge in [-0.1, -0.05) is 31.0 Å². The molecule has 0 unspecified atom stereocenters. The first-order valence-electron chi connectivity index (χ1n) is 11.8. The van der Waals surface area contributed by atoms with E-state index in [1.54, 1.807) is 28.4 Å². The first kappa shape index (κ1) is 24.0. The van der Waals surface area contributed by atoms with Crippen LogP contribution in [0.5, 0.6) is 0 Å². The number of rotatable bonds is 8. The maximum atomic E-state index is 13.1. The lowest BCUT2D eigenvalue weighted by Crippen LogP contribution is -2.44. The van der Waals surface area contributed by atoms with Crippen molar-refractivity contribution in [2.45, 2.75) is 45.1 Å². The Morgan fingerprint density at radius 1 is 1.03 bits per heavy atom. The van der Waals surface area contributed by atoms with E-state index >= 15 is 0 Å². The fourth-order valence-electron chi connectivity index (χ4n) is 5.04. The number of carbonyl (C=O) groups excluding carboxylic acids is 1. The number of halogens is 1. The molecule has 2 saturated carbocycles. The van der Waals surface area contributed by atoms with Gasteiger partial charge in [-0.15, -0.1) is 11.3 Å². The lowest BCUT2D eigenvalue weighted by Gasteiger charge is -2.32. The van der Waals surface area contributed by atoms with Crippen molar-refractivity contribution < 1.29 is 24.6 Å². The predicted octanol–water partition coefficient (Wildman–Crippen LogP) is 6.41. The molecule has 8 heteroatoms. The maximum Gasteiger partial charge on any atom is 0.335 e. The highest BCUT2D eigenvalue weighted by molar-refractivity contribution is 9.10. The van der Waals surface area contributed by atoms with E-state index in [0.717, 1.165) is 56.2 Å². The van der Waals surface area contributed by atoms with Crippen LogP contribution >= 0.6 is 27.3 Å². The molecule has 6 nitrogen and oxygen atoms in total. The Bertz CT molecular complexity index is 1310. The molecule has 0 spiro atoms. The van der Waals surface area contributed by atoms with Crippen LogP contribution in [-0.2, 0) is 16.1 Å². The van der Waals surface area contributed by atoms with E-state index in [1.165, 1.54) is 0 Å². The first-order valence-corrected chi connectivity index (χ1v) is 13.5. The fraction of sp³-hybridized carbons (Fsp3) is 0.370. The van der Waals surface area contributed by atoms with Crippen LogP contribution < -0.4 is 0 Å². The highest BCUT2D eigenvalue weighted by atomic mass is 79.9. The van der Waals surface area contributed by atoms with Crippen molar-refractivity contribution in [1.29, 1.82) is 0 Å². The van der Waals surface area contributed by atoms with E-state index in [4.69, 9.17) is 5.11 Å². The average molecular weight is 556 g/mol. The number of carboxylic acids is 2. The van der Waals surface area contributed by atoms with Crippen LogP contribution in [-0.4, -0.2) is 39.5 Å². The van der Waals surface area contributed by atoms with Gasteiger partial charge in [0.1, 0.15) is 0 Å². The zero-order valence-electron chi connectivity index (χ0n) is 19.1. The van der Waals surface area contributed by atoms with Gasteiger partial charge in [-0.05, 0) is 77.0 Å². The largest absolute Gasteiger partial charge is 0.481 e. The Balaban J connectivity index is 1.44. The quantitative estimate of drug-likeness (QED) is 0.334. The third-order valence-electron chi connectivity index (χ3n) is 7.21. The Morgan fingerprint density at radius 3 is 2.31 bits per heavy atom. The molecule has 2 aliphatic carbocycles. The van der Waals surface area contributed by atoms with E-state index in [1.807, 2.05) is 24.3 Å². The molecule has 0 aliphatic heterocycles. The molecule has 35 heavy (non-hydrogen) atoms. The molecule has 2 aliphatic rings. The molecule has 0 saturated heterocycles. The second-order valence-electron chi connectivity index (χ2n) is 9.72. The smallest absolute Gasteiger partial charge is 0.335 e. The monoisotopic (exact) mass is 555 g/mol. The van der Waals surface area contributed by atoms with Gasteiger partial charge in [0.15, 0.2) is 0 Å². The summed E-state index contributed by atoms with van der Waals surface area (Å²) in [5.74, 6) is -1.65. The summed E-state index contributed by atoms with van der Waals surface area (Å²) < 4.78 is 2.01. The minimum absolute atomic E-state index is 0.0271. The number of fused-ring (bicyclic) bond motifs is 1. The molecule has 2 N–H and O–H groups in total. The molecule has 1 amide bonds. The summed E-state index contributed by atoms with van der Waals surface area (Å²) in [7, 11) is 0. The Kier molecular flexibility index (Phi) is 6.44. The Morgan fingerprint density at radius 2 is 1.71 bits per heavy atom. The third-order valence-corrected chi connectivity index (χ3v) is 9.51. The molecule has 2 fully saturated rings. The van der Waals surface area contributed by atoms with Crippen LogP contribution in [0.4, 0.5) is 0 Å². The third kappa shape index (κ3) is 4.74. The normalized spacial score (nSPS) is 16.9. The van der Waals surface area contributed by atoms with Gasteiger partial charge in [-0.3, -0.25) is 9.59 Å². The summed E-state index contributed by atoms with van der Waals surface area (Å²) in [5, 5.41) is 20.2. The van der Waals surface area contributed by atoms with E-state index in [9.17, 15) is 19.5 Å². The molecule has 5 rings (SSSR count). The standard InChI is InChI=1S/C27H26BrNO5S/c28-22-20-13-16(3-10-21(20)35-23(22)17-4-8-19(9-5-17)25(31)32)14-29(24(30)18-6-7-18)15-27(26(33)34)11-1-2-12-27/h3-5,8-10,13,18H,1-2,6-7,11-12,14-15H2,(H,31,32)(H,33,34). The fourth-order valence-corrected chi connectivity index (χ4v) is 7.05. The molecule has 0 radical (unpaired) electrons. The minimum Gasteiger partial charge on any atom is -0.481 e. The zero-order valence-corrected chi connectivity index (χ0v) is 21.5. The number of aliphatic carboxylic acids is 1. The minimum atomic E-state index is -0.954. The average Bonchev–Trinajstić information content (AvgIpc) is 3.50. The van der Waals surface area contributed by atoms with Gasteiger partial charge < -0.3 is 15.1 Å². The van der Waals surface area contributed by atoms with Crippen molar-refractivity contribution >= 4 is 55.2 Å². The number of thiophene rings is 1. The number of nitrogens with zero attached hydrogens (tertiary/aromatic N) is 1. The summed E-state index contributed by atoms with van der Waals surface area (Å²) in [6.07, 6.45) is 4.79. The number of carbonyl (C=O) groups is 3. The van der Waals surface area contributed by atoms with Crippen LogP contribution in [0, 0.1) is 11.3 Å². The van der Waals surface area contributed by atoms with Crippen molar-refractivity contribution in [3.05, 3.63) is 58.1 Å². The lowest BCUT2D eigenvalue weighted by molar-refractivity contribution is -0.152. The van der Waals surface area contributed by atoms with E-state index in [0.29, 0.717) is 19.4 Å². The van der Waals surface area contributed by atoms with Crippen molar-refractivity contribution in [3.8, 4) is 10.4 Å². The number of aromatic carboxylic acids is 1. The molecule has 2 aromatic carbocycles. The molecule has 0 bridgehead atoms. The topological polar surface area (TPSA) is 94.9 Å². The van der Waals surface area contributed by atoms with Gasteiger partial charge in [-0.25, -0.2) is 4.79 Å². The summed E-state index contributed by atoms with van der Waals surface area (Å²) in [6.45, 7) is 0.660. The SMILES string of the molecule is O=C(O)c1ccc(-c2sc3ccc(CN(CC4(C(=O)O)CCCC4)C(=O)C4CC4)cc3c2Br)cc1. The summed E-state index contributed by atoms with van der Waals surface area (Å²) in [5.41, 5.74) is 1.30. The maximum absolute atomic E-state index is 13.1. The number of hydrogen-bond acceptors (Lipinski definition) is 4. The van der Waals surface area contributed by atoms with Crippen LogP contribution in [0.3, 0.4) is 0 Å². The summed E-state index contributed by atoms with van der Waals surface area (Å²) in [4.78, 5) is 39.3. The molecule has 182 valence electrons. The number of benzene rings is 2. The van der Waals surface area contributed by atoms with Crippen molar-refractivity contribution in [1.82, 2.24) is 4.90 Å². The van der Waals surface area contributed by atoms with Gasteiger partial charge in [0.25, 0.3) is 0 Å². The Labute approximate surface area is 215 Å². The van der Waals surface area contributed by atoms with E-state index in [2.05, 4.69) is 22.0 Å². The van der Waals surface area contributed by atoms with Crippen LogP contribution in [0.2, 0.25) is 0 Å². The highest BCUT2D eigenvalue weighted by Gasteiger charge is 2.45. The van der Waals surface area contributed by atoms with Crippen molar-refractivity contribution in [2.75, 3.05) is 6.54 Å². The van der Waals surface area contributed by atoms with Crippen LogP contribution in [0.15, 0.2) is 46.9 Å². The van der Waals surface area contributed by atoms with Crippen LogP contribution in [0.25, 0.3) is 20.5 Å². The van der Waals surface area contributed by atoms with Crippen LogP contribution in [0.1, 0.15) is 54.4 Å². The molecule has 3 aromatic rings. The Hall–Kier alpha value is -2.71. The number of hydrogen-bond donors (Lipinski definition) is 2. The first-order chi connectivity index (χ1) is 16.8. The van der Waals surface area contributed by atoms with Crippen molar-refractivity contribution in [3.63, 3.8) is 0 Å². The molecular formula is C27H26BrNO5S. The molecule has 1 heterocycles. The van der Waals surface area contributed by atoms with E-state index in [-0.39, 0.29) is 23.9 Å². The number of carboxylic acid groups (broad SMARTS) is 2. The molecule has 0 atom stereocenters. The lowest BCUT2D eigenvalue weighted by atomic mass is 9.85. The molecular weight excluding hydrogens is 530 g/mol.